The van der Waals surface area contributed by atoms with Crippen LogP contribution < -0.4 is 9.64 Å². The van der Waals surface area contributed by atoms with Gasteiger partial charge in [0.15, 0.2) is 0 Å². The molecule has 4 rings (SSSR count). The number of anilines is 1. The van der Waals surface area contributed by atoms with E-state index in [1.54, 1.807) is 24.8 Å². The molecule has 1 saturated heterocycles. The Morgan fingerprint density at radius 3 is 2.39 bits per heavy atom. The van der Waals surface area contributed by atoms with Gasteiger partial charge in [0, 0.05) is 61.5 Å². The van der Waals surface area contributed by atoms with Gasteiger partial charge in [-0.3, -0.25) is 9.36 Å². The molecule has 6 heteroatoms. The third-order valence-electron chi connectivity index (χ3n) is 5.61. The summed E-state index contributed by atoms with van der Waals surface area (Å²) in [5, 5.41) is 0.979. The lowest BCUT2D eigenvalue weighted by Gasteiger charge is -2.34. The molecular formula is C22H26N4O2. The maximum Gasteiger partial charge on any atom is 0.228 e. The Labute approximate surface area is 165 Å². The molecule has 0 aliphatic carbocycles. The van der Waals surface area contributed by atoms with Crippen LogP contribution in [0.1, 0.15) is 17.4 Å². The van der Waals surface area contributed by atoms with Crippen LogP contribution in [0.3, 0.4) is 0 Å². The van der Waals surface area contributed by atoms with Crippen LogP contribution in [0.25, 0.3) is 22.0 Å². The fourth-order valence-corrected chi connectivity index (χ4v) is 4.08. The number of carbonyl (C=O) groups is 1. The molecule has 1 aliphatic heterocycles. The summed E-state index contributed by atoms with van der Waals surface area (Å²) < 4.78 is 7.04. The van der Waals surface area contributed by atoms with Crippen LogP contribution in [0.5, 0.6) is 5.88 Å². The zero-order valence-corrected chi connectivity index (χ0v) is 16.9. The Morgan fingerprint density at radius 1 is 1.11 bits per heavy atom. The van der Waals surface area contributed by atoms with Crippen molar-refractivity contribution < 1.29 is 9.53 Å². The maximum atomic E-state index is 12.3. The number of piperazine rings is 1. The van der Waals surface area contributed by atoms with Crippen molar-refractivity contribution in [3.63, 3.8) is 0 Å². The number of ether oxygens (including phenoxy) is 1. The summed E-state index contributed by atoms with van der Waals surface area (Å²) in [6.07, 6.45) is 1.71. The molecule has 28 heavy (non-hydrogen) atoms. The summed E-state index contributed by atoms with van der Waals surface area (Å²) >= 11 is 0. The molecule has 3 aromatic rings. The molecule has 0 atom stereocenters. The van der Waals surface area contributed by atoms with E-state index < -0.39 is 0 Å². The Morgan fingerprint density at radius 2 is 1.79 bits per heavy atom. The summed E-state index contributed by atoms with van der Waals surface area (Å²) in [6.45, 7) is 7.82. The Balaban J connectivity index is 1.78. The van der Waals surface area contributed by atoms with Gasteiger partial charge >= 0.3 is 0 Å². The van der Waals surface area contributed by atoms with E-state index in [2.05, 4.69) is 46.1 Å². The molecule has 2 aromatic heterocycles. The second-order valence-corrected chi connectivity index (χ2v) is 7.40. The number of hydrogen-bond donors (Lipinski definition) is 0. The first-order chi connectivity index (χ1) is 13.5. The average Bonchev–Trinajstić information content (AvgIpc) is 2.99. The predicted octanol–water partition coefficient (Wildman–Crippen LogP) is 3.43. The summed E-state index contributed by atoms with van der Waals surface area (Å²) in [4.78, 5) is 21.3. The topological polar surface area (TPSA) is 50.6 Å². The van der Waals surface area contributed by atoms with E-state index in [0.29, 0.717) is 5.88 Å². The average molecular weight is 378 g/mol. The largest absolute Gasteiger partial charge is 0.481 e. The van der Waals surface area contributed by atoms with Gasteiger partial charge in [-0.2, -0.15) is 0 Å². The molecule has 0 bridgehead atoms. The zero-order valence-electron chi connectivity index (χ0n) is 16.9. The van der Waals surface area contributed by atoms with Crippen molar-refractivity contribution in [2.75, 3.05) is 45.2 Å². The van der Waals surface area contributed by atoms with E-state index in [4.69, 9.17) is 4.74 Å². The van der Waals surface area contributed by atoms with Gasteiger partial charge in [-0.25, -0.2) is 4.98 Å². The van der Waals surface area contributed by atoms with Crippen molar-refractivity contribution in [2.45, 2.75) is 13.8 Å². The highest BCUT2D eigenvalue weighted by Crippen LogP contribution is 2.36. The van der Waals surface area contributed by atoms with E-state index in [1.165, 1.54) is 5.69 Å². The Bertz CT molecular complexity index is 1020. The number of benzene rings is 1. The molecule has 3 heterocycles. The van der Waals surface area contributed by atoms with E-state index in [0.717, 1.165) is 53.9 Å². The molecule has 6 nitrogen and oxygen atoms in total. The third kappa shape index (κ3) is 3.14. The molecule has 0 unspecified atom stereocenters. The Hall–Kier alpha value is -2.86. The van der Waals surface area contributed by atoms with Crippen molar-refractivity contribution >= 4 is 22.5 Å². The first-order valence-corrected chi connectivity index (χ1v) is 9.59. The van der Waals surface area contributed by atoms with Crippen LogP contribution in [-0.4, -0.2) is 60.7 Å². The van der Waals surface area contributed by atoms with E-state index in [-0.39, 0.29) is 5.91 Å². The molecule has 0 spiro atoms. The summed E-state index contributed by atoms with van der Waals surface area (Å²) in [7, 11) is 3.77. The quantitative estimate of drug-likeness (QED) is 0.699. The molecule has 0 N–H and O–H groups in total. The highest BCUT2D eigenvalue weighted by atomic mass is 16.5. The Kier molecular flexibility index (Phi) is 4.81. The maximum absolute atomic E-state index is 12.3. The number of methoxy groups -OCH3 is 1. The SMILES string of the molecule is COc1cc2c(-c3ccc(N4CCN(C)CC4)cc3)c(C)n(C(C)=O)c2cn1. The van der Waals surface area contributed by atoms with Gasteiger partial charge in [-0.1, -0.05) is 12.1 Å². The molecule has 1 aromatic carbocycles. The zero-order chi connectivity index (χ0) is 19.8. The van der Waals surface area contributed by atoms with E-state index in [1.807, 2.05) is 13.0 Å². The van der Waals surface area contributed by atoms with Crippen molar-refractivity contribution in [2.24, 2.45) is 0 Å². The second kappa shape index (κ2) is 7.28. The second-order valence-electron chi connectivity index (χ2n) is 7.40. The van der Waals surface area contributed by atoms with E-state index >= 15 is 0 Å². The van der Waals surface area contributed by atoms with Gasteiger partial charge in [-0.05, 0) is 31.7 Å². The van der Waals surface area contributed by atoms with Gasteiger partial charge in [0.2, 0.25) is 11.8 Å². The van der Waals surface area contributed by atoms with Gasteiger partial charge < -0.3 is 14.5 Å². The van der Waals surface area contributed by atoms with Crippen LogP contribution in [-0.2, 0) is 0 Å². The van der Waals surface area contributed by atoms with Crippen LogP contribution in [0.15, 0.2) is 36.5 Å². The summed E-state index contributed by atoms with van der Waals surface area (Å²) in [5.74, 6) is 0.526. The van der Waals surface area contributed by atoms with Gasteiger partial charge in [0.05, 0.1) is 18.8 Å². The van der Waals surface area contributed by atoms with Crippen LogP contribution >= 0.6 is 0 Å². The number of fused-ring (bicyclic) bond motifs is 1. The van der Waals surface area contributed by atoms with Gasteiger partial charge in [-0.15, -0.1) is 0 Å². The van der Waals surface area contributed by atoms with Crippen molar-refractivity contribution in [1.82, 2.24) is 14.5 Å². The summed E-state index contributed by atoms with van der Waals surface area (Å²) in [5.41, 5.74) is 5.11. The number of aromatic nitrogens is 2. The fraction of sp³-hybridized carbons (Fsp3) is 0.364. The standard InChI is InChI=1S/C22H26N4O2/c1-15-22(19-13-21(28-4)23-14-20(19)26(15)16(2)27)17-5-7-18(8-6-17)25-11-9-24(3)10-12-25/h5-8,13-14H,9-12H2,1-4H3. The highest BCUT2D eigenvalue weighted by Gasteiger charge is 2.20. The summed E-state index contributed by atoms with van der Waals surface area (Å²) in [6, 6.07) is 10.6. The van der Waals surface area contributed by atoms with Crippen LogP contribution in [0.4, 0.5) is 5.69 Å². The predicted molar refractivity (Wildman–Crippen MR) is 112 cm³/mol. The number of rotatable bonds is 3. The first kappa shape index (κ1) is 18.5. The number of hydrogen-bond acceptors (Lipinski definition) is 5. The molecule has 1 fully saturated rings. The number of carbonyl (C=O) groups excluding carboxylic acids is 1. The fourth-order valence-electron chi connectivity index (χ4n) is 4.08. The normalized spacial score (nSPS) is 15.2. The van der Waals surface area contributed by atoms with Crippen molar-refractivity contribution in [3.05, 3.63) is 42.2 Å². The first-order valence-electron chi connectivity index (χ1n) is 9.59. The van der Waals surface area contributed by atoms with Gasteiger partial charge in [0.25, 0.3) is 0 Å². The minimum absolute atomic E-state index is 0.0187. The smallest absolute Gasteiger partial charge is 0.228 e. The minimum Gasteiger partial charge on any atom is -0.481 e. The van der Waals surface area contributed by atoms with E-state index in [9.17, 15) is 4.79 Å². The number of nitrogens with zero attached hydrogens (tertiary/aromatic N) is 4. The third-order valence-corrected chi connectivity index (χ3v) is 5.61. The minimum atomic E-state index is -0.0187. The van der Waals surface area contributed by atoms with Crippen LogP contribution in [0.2, 0.25) is 0 Å². The van der Waals surface area contributed by atoms with Crippen molar-refractivity contribution in [1.29, 1.82) is 0 Å². The molecule has 0 saturated carbocycles. The number of pyridine rings is 1. The molecule has 1 aliphatic rings. The lowest BCUT2D eigenvalue weighted by atomic mass is 10.0. The molecular weight excluding hydrogens is 352 g/mol. The molecule has 0 amide bonds. The van der Waals surface area contributed by atoms with Gasteiger partial charge in [0.1, 0.15) is 0 Å². The molecule has 0 radical (unpaired) electrons. The van der Waals surface area contributed by atoms with Crippen molar-refractivity contribution in [3.8, 4) is 17.0 Å². The molecule has 146 valence electrons. The monoisotopic (exact) mass is 378 g/mol. The highest BCUT2D eigenvalue weighted by molar-refractivity contribution is 6.03. The van der Waals surface area contributed by atoms with Crippen LogP contribution in [0, 0.1) is 6.92 Å². The lowest BCUT2D eigenvalue weighted by molar-refractivity contribution is 0.0940. The lowest BCUT2D eigenvalue weighted by Crippen LogP contribution is -2.44. The number of likely N-dealkylation sites (N-methyl/N-ethyl adjacent to an activating group) is 1.